The number of amides is 1. The topological polar surface area (TPSA) is 78.9 Å². The number of nitrogens with zero attached hydrogens (tertiary/aromatic N) is 2. The Bertz CT molecular complexity index is 614. The SMILES string of the molecule is CCCNc1nc(NCCC(=O)NC)c2ccccc2n1. The summed E-state index contributed by atoms with van der Waals surface area (Å²) in [6.07, 6.45) is 1.42. The summed E-state index contributed by atoms with van der Waals surface area (Å²) in [7, 11) is 1.63. The van der Waals surface area contributed by atoms with Crippen molar-refractivity contribution in [2.45, 2.75) is 19.8 Å². The van der Waals surface area contributed by atoms with Crippen LogP contribution in [0.3, 0.4) is 0 Å². The predicted octanol–water partition coefficient (Wildman–Crippen LogP) is 2.00. The molecule has 1 aromatic carbocycles. The minimum absolute atomic E-state index is 0.00481. The number of nitrogens with one attached hydrogen (secondary N) is 3. The lowest BCUT2D eigenvalue weighted by Crippen LogP contribution is -2.21. The fraction of sp³-hybridized carbons (Fsp3) is 0.400. The third-order valence-corrected chi connectivity index (χ3v) is 3.06. The summed E-state index contributed by atoms with van der Waals surface area (Å²) >= 11 is 0. The summed E-state index contributed by atoms with van der Waals surface area (Å²) in [5.74, 6) is 1.37. The van der Waals surface area contributed by atoms with Crippen molar-refractivity contribution in [1.29, 1.82) is 0 Å². The van der Waals surface area contributed by atoms with Gasteiger partial charge in [-0.2, -0.15) is 4.98 Å². The van der Waals surface area contributed by atoms with Crippen molar-refractivity contribution in [2.75, 3.05) is 30.8 Å². The van der Waals surface area contributed by atoms with E-state index in [9.17, 15) is 4.79 Å². The van der Waals surface area contributed by atoms with Gasteiger partial charge in [0.2, 0.25) is 11.9 Å². The molecule has 112 valence electrons. The molecule has 6 nitrogen and oxygen atoms in total. The Balaban J connectivity index is 2.20. The van der Waals surface area contributed by atoms with E-state index in [1.807, 2.05) is 24.3 Å². The lowest BCUT2D eigenvalue weighted by Gasteiger charge is -2.11. The monoisotopic (exact) mass is 287 g/mol. The van der Waals surface area contributed by atoms with Gasteiger partial charge in [-0.25, -0.2) is 4.98 Å². The van der Waals surface area contributed by atoms with Crippen molar-refractivity contribution in [3.8, 4) is 0 Å². The second-order valence-corrected chi connectivity index (χ2v) is 4.69. The van der Waals surface area contributed by atoms with E-state index in [4.69, 9.17) is 0 Å². The summed E-state index contributed by atoms with van der Waals surface area (Å²) < 4.78 is 0. The van der Waals surface area contributed by atoms with Gasteiger partial charge in [-0.15, -0.1) is 0 Å². The van der Waals surface area contributed by atoms with Crippen LogP contribution in [0.4, 0.5) is 11.8 Å². The molecule has 0 aliphatic heterocycles. The van der Waals surface area contributed by atoms with Gasteiger partial charge in [0.1, 0.15) is 5.82 Å². The quantitative estimate of drug-likeness (QED) is 0.726. The van der Waals surface area contributed by atoms with Crippen LogP contribution in [0.15, 0.2) is 24.3 Å². The first-order valence-electron chi connectivity index (χ1n) is 7.19. The van der Waals surface area contributed by atoms with Crippen LogP contribution in [-0.4, -0.2) is 36.0 Å². The van der Waals surface area contributed by atoms with Crippen LogP contribution >= 0.6 is 0 Å². The van der Waals surface area contributed by atoms with Crippen LogP contribution in [0.2, 0.25) is 0 Å². The highest BCUT2D eigenvalue weighted by molar-refractivity contribution is 5.90. The number of hydrogen-bond acceptors (Lipinski definition) is 5. The molecule has 0 saturated carbocycles. The molecular weight excluding hydrogens is 266 g/mol. The van der Waals surface area contributed by atoms with Crippen molar-refractivity contribution in [3.63, 3.8) is 0 Å². The van der Waals surface area contributed by atoms with Crippen molar-refractivity contribution >= 4 is 28.6 Å². The third kappa shape index (κ3) is 4.05. The van der Waals surface area contributed by atoms with E-state index in [0.29, 0.717) is 18.9 Å². The zero-order valence-corrected chi connectivity index (χ0v) is 12.4. The Morgan fingerprint density at radius 1 is 1.14 bits per heavy atom. The van der Waals surface area contributed by atoms with Crippen molar-refractivity contribution in [2.24, 2.45) is 0 Å². The maximum Gasteiger partial charge on any atom is 0.225 e. The van der Waals surface area contributed by atoms with Gasteiger partial charge >= 0.3 is 0 Å². The minimum atomic E-state index is 0.00481. The van der Waals surface area contributed by atoms with Gasteiger partial charge in [0.25, 0.3) is 0 Å². The number of carbonyl (C=O) groups excluding carboxylic acids is 1. The van der Waals surface area contributed by atoms with Crippen LogP contribution < -0.4 is 16.0 Å². The largest absolute Gasteiger partial charge is 0.369 e. The molecular formula is C15H21N5O. The lowest BCUT2D eigenvalue weighted by molar-refractivity contribution is -0.120. The van der Waals surface area contributed by atoms with Gasteiger partial charge < -0.3 is 16.0 Å². The fourth-order valence-corrected chi connectivity index (χ4v) is 1.95. The van der Waals surface area contributed by atoms with Crippen LogP contribution in [-0.2, 0) is 4.79 Å². The summed E-state index contributed by atoms with van der Waals surface area (Å²) in [5, 5.41) is 9.97. The molecule has 0 aliphatic rings. The highest BCUT2D eigenvalue weighted by Crippen LogP contribution is 2.21. The first kappa shape index (κ1) is 15.0. The summed E-state index contributed by atoms with van der Waals surface area (Å²) in [6, 6.07) is 7.83. The molecule has 1 aromatic heterocycles. The standard InChI is InChI=1S/C15H21N5O/c1-3-9-18-15-19-12-7-5-4-6-11(12)14(20-15)17-10-8-13(21)16-2/h4-7H,3,8-10H2,1-2H3,(H,16,21)(H2,17,18,19,20). The number of benzene rings is 1. The predicted molar refractivity (Wildman–Crippen MR) is 85.5 cm³/mol. The fourth-order valence-electron chi connectivity index (χ4n) is 1.95. The van der Waals surface area contributed by atoms with Gasteiger partial charge in [0.05, 0.1) is 5.52 Å². The smallest absolute Gasteiger partial charge is 0.225 e. The van der Waals surface area contributed by atoms with Crippen molar-refractivity contribution < 1.29 is 4.79 Å². The summed E-state index contributed by atoms with van der Waals surface area (Å²) in [4.78, 5) is 20.3. The highest BCUT2D eigenvalue weighted by atomic mass is 16.1. The van der Waals surface area contributed by atoms with E-state index in [1.54, 1.807) is 7.05 Å². The molecule has 2 aromatic rings. The van der Waals surface area contributed by atoms with Crippen LogP contribution in [0, 0.1) is 0 Å². The molecule has 0 saturated heterocycles. The Labute approximate surface area is 124 Å². The maximum atomic E-state index is 11.3. The van der Waals surface area contributed by atoms with Gasteiger partial charge in [0.15, 0.2) is 0 Å². The lowest BCUT2D eigenvalue weighted by atomic mass is 10.2. The van der Waals surface area contributed by atoms with E-state index in [2.05, 4.69) is 32.8 Å². The van der Waals surface area contributed by atoms with Crippen LogP contribution in [0.5, 0.6) is 0 Å². The van der Waals surface area contributed by atoms with Gasteiger partial charge in [0, 0.05) is 31.9 Å². The Morgan fingerprint density at radius 2 is 1.95 bits per heavy atom. The average Bonchev–Trinajstić information content (AvgIpc) is 2.52. The Morgan fingerprint density at radius 3 is 2.71 bits per heavy atom. The molecule has 0 spiro atoms. The van der Waals surface area contributed by atoms with Gasteiger partial charge in [-0.1, -0.05) is 19.1 Å². The molecule has 21 heavy (non-hydrogen) atoms. The molecule has 2 rings (SSSR count). The molecule has 0 fully saturated rings. The molecule has 0 radical (unpaired) electrons. The number of aromatic nitrogens is 2. The van der Waals surface area contributed by atoms with Crippen molar-refractivity contribution in [3.05, 3.63) is 24.3 Å². The zero-order valence-electron chi connectivity index (χ0n) is 12.4. The van der Waals surface area contributed by atoms with Crippen LogP contribution in [0.25, 0.3) is 10.9 Å². The van der Waals surface area contributed by atoms with Crippen LogP contribution in [0.1, 0.15) is 19.8 Å². The molecule has 1 amide bonds. The number of rotatable bonds is 7. The van der Waals surface area contributed by atoms with Gasteiger partial charge in [-0.05, 0) is 18.6 Å². The normalized spacial score (nSPS) is 10.4. The summed E-state index contributed by atoms with van der Waals surface area (Å²) in [5.41, 5.74) is 0.883. The highest BCUT2D eigenvalue weighted by Gasteiger charge is 2.07. The van der Waals surface area contributed by atoms with Crippen molar-refractivity contribution in [1.82, 2.24) is 15.3 Å². The Kier molecular flexibility index (Phi) is 5.31. The van der Waals surface area contributed by atoms with E-state index >= 15 is 0 Å². The van der Waals surface area contributed by atoms with E-state index in [1.165, 1.54) is 0 Å². The molecule has 3 N–H and O–H groups in total. The van der Waals surface area contributed by atoms with E-state index in [-0.39, 0.29) is 5.91 Å². The molecule has 0 unspecified atom stereocenters. The number of fused-ring (bicyclic) bond motifs is 1. The zero-order chi connectivity index (χ0) is 15.1. The second-order valence-electron chi connectivity index (χ2n) is 4.69. The number of hydrogen-bond donors (Lipinski definition) is 3. The first-order valence-corrected chi connectivity index (χ1v) is 7.19. The number of para-hydroxylation sites is 1. The Hall–Kier alpha value is -2.37. The molecule has 6 heteroatoms. The van der Waals surface area contributed by atoms with E-state index in [0.717, 1.165) is 29.7 Å². The van der Waals surface area contributed by atoms with Gasteiger partial charge in [-0.3, -0.25) is 4.79 Å². The molecule has 0 bridgehead atoms. The molecule has 0 atom stereocenters. The number of carbonyl (C=O) groups is 1. The first-order chi connectivity index (χ1) is 10.2. The molecule has 0 aliphatic carbocycles. The molecule has 1 heterocycles. The average molecular weight is 287 g/mol. The maximum absolute atomic E-state index is 11.3. The third-order valence-electron chi connectivity index (χ3n) is 3.06. The second kappa shape index (κ2) is 7.42. The van der Waals surface area contributed by atoms with E-state index < -0.39 is 0 Å². The summed E-state index contributed by atoms with van der Waals surface area (Å²) in [6.45, 7) is 3.46. The number of anilines is 2. The minimum Gasteiger partial charge on any atom is -0.369 e.